The van der Waals surface area contributed by atoms with Crippen LogP contribution >= 0.6 is 0 Å². The van der Waals surface area contributed by atoms with Gasteiger partial charge in [0, 0.05) is 43.5 Å². The molecule has 1 fully saturated rings. The van der Waals surface area contributed by atoms with Gasteiger partial charge in [0.1, 0.15) is 5.75 Å². The molecule has 6 nitrogen and oxygen atoms in total. The molecule has 206 valence electrons. The van der Waals surface area contributed by atoms with Crippen molar-refractivity contribution in [2.75, 3.05) is 43.5 Å². The highest BCUT2D eigenvalue weighted by Crippen LogP contribution is 2.46. The van der Waals surface area contributed by atoms with Crippen molar-refractivity contribution >= 4 is 28.6 Å². The van der Waals surface area contributed by atoms with Crippen LogP contribution in [-0.4, -0.2) is 57.2 Å². The predicted molar refractivity (Wildman–Crippen MR) is 129 cm³/mol. The van der Waals surface area contributed by atoms with Gasteiger partial charge in [0.15, 0.2) is 0 Å². The lowest BCUT2D eigenvalue weighted by Crippen LogP contribution is -2.41. The minimum absolute atomic E-state index is 0.652. The lowest BCUT2D eigenvalue weighted by Gasteiger charge is -2.42. The molecule has 3 aliphatic rings. The van der Waals surface area contributed by atoms with Crippen LogP contribution in [0.4, 0.5) is 43.4 Å². The molecule has 2 N–H and O–H groups in total. The Hall–Kier alpha value is -3.28. The molecule has 0 saturated carbocycles. The van der Waals surface area contributed by atoms with Gasteiger partial charge in [-0.1, -0.05) is 6.07 Å². The fourth-order valence-electron chi connectivity index (χ4n) is 5.31. The van der Waals surface area contributed by atoms with Crippen LogP contribution in [0.2, 0.25) is 0 Å². The summed E-state index contributed by atoms with van der Waals surface area (Å²) in [6, 6.07) is 11.0. The molecular weight excluding hydrogens is 516 g/mol. The second kappa shape index (κ2) is 10.5. The number of carbonyl (C=O) groups is 2. The van der Waals surface area contributed by atoms with Crippen LogP contribution in [0, 0.1) is 12.8 Å². The van der Waals surface area contributed by atoms with Gasteiger partial charge in [0.25, 0.3) is 0 Å². The molecule has 38 heavy (non-hydrogen) atoms. The first-order chi connectivity index (χ1) is 17.8. The number of alkyl halides is 6. The number of anilines is 3. The van der Waals surface area contributed by atoms with Crippen molar-refractivity contribution in [3.8, 4) is 5.75 Å². The van der Waals surface area contributed by atoms with E-state index in [2.05, 4.69) is 46.7 Å². The second-order valence-electron chi connectivity index (χ2n) is 9.63. The Labute approximate surface area is 215 Å². The fraction of sp³-hybridized carbons (Fsp3) is 0.462. The fourth-order valence-corrected chi connectivity index (χ4v) is 5.31. The lowest BCUT2D eigenvalue weighted by molar-refractivity contribution is -0.193. The average Bonchev–Trinajstić information content (AvgIpc) is 3.31. The molecule has 2 aromatic rings. The number of halogens is 6. The minimum Gasteiger partial charge on any atom is -0.495 e. The first-order valence-electron chi connectivity index (χ1n) is 12.1. The van der Waals surface area contributed by atoms with E-state index >= 15 is 0 Å². The molecule has 0 aromatic heterocycles. The minimum atomic E-state index is -5.77. The van der Waals surface area contributed by atoms with E-state index in [1.807, 2.05) is 6.07 Å². The number of ether oxygens (including phenoxy) is 1. The van der Waals surface area contributed by atoms with Crippen LogP contribution in [0.15, 0.2) is 30.3 Å². The summed E-state index contributed by atoms with van der Waals surface area (Å²) in [5.74, 6) is -4.52. The van der Waals surface area contributed by atoms with Gasteiger partial charge in [-0.25, -0.2) is 0 Å². The number of Topliss-reactive ketones (excluding diaryl/α,β-unsaturated/α-hetero) is 2. The Balaban J connectivity index is 0.000000240. The van der Waals surface area contributed by atoms with Crippen molar-refractivity contribution < 1.29 is 40.7 Å². The smallest absolute Gasteiger partial charge is 0.458 e. The normalized spacial score (nSPS) is 20.1. The van der Waals surface area contributed by atoms with E-state index in [1.54, 1.807) is 7.11 Å². The second-order valence-corrected chi connectivity index (χ2v) is 9.63. The van der Waals surface area contributed by atoms with Crippen LogP contribution < -0.4 is 20.3 Å². The zero-order chi connectivity index (χ0) is 27.8. The highest BCUT2D eigenvalue weighted by molar-refractivity contribution is 6.41. The monoisotopic (exact) mass is 543 g/mol. The standard InChI is InChI=1S/C22H27N3O.C4F6O2/c1-14-5-6-21(26-2)20(8-14)24-17-9-15-4-3-7-25-13-16-11-23-12-19(16)18(10-17)22(15)25;5-3(6,7)1(11)2(12)4(8,9)10/h5-6,8-10,16,19,23-24H,3-4,7,11-13H2,1-2H3;/t16-,19-;/m1./s1. The Kier molecular flexibility index (Phi) is 7.64. The van der Waals surface area contributed by atoms with Crippen molar-refractivity contribution in [1.29, 1.82) is 0 Å². The molecule has 0 spiro atoms. The number of nitrogens with zero attached hydrogens (tertiary/aromatic N) is 1. The molecule has 5 rings (SSSR count). The molecule has 0 unspecified atom stereocenters. The summed E-state index contributed by atoms with van der Waals surface area (Å²) in [6.45, 7) is 6.81. The Morgan fingerprint density at radius 2 is 1.71 bits per heavy atom. The van der Waals surface area contributed by atoms with Crippen molar-refractivity contribution in [2.45, 2.75) is 38.0 Å². The Bertz CT molecular complexity index is 1200. The number of carbonyl (C=O) groups excluding carboxylic acids is 2. The van der Waals surface area contributed by atoms with Gasteiger partial charge in [0.05, 0.1) is 12.8 Å². The number of ketones is 2. The van der Waals surface area contributed by atoms with Crippen LogP contribution in [0.3, 0.4) is 0 Å². The number of hydrogen-bond acceptors (Lipinski definition) is 6. The number of rotatable bonds is 4. The molecule has 2 aromatic carbocycles. The summed E-state index contributed by atoms with van der Waals surface area (Å²) in [6.07, 6.45) is -9.10. The molecule has 0 aliphatic carbocycles. The lowest BCUT2D eigenvalue weighted by atomic mass is 9.80. The molecule has 12 heteroatoms. The van der Waals surface area contributed by atoms with Crippen molar-refractivity contribution in [1.82, 2.24) is 5.32 Å². The van der Waals surface area contributed by atoms with E-state index in [4.69, 9.17) is 4.74 Å². The number of hydrogen-bond donors (Lipinski definition) is 2. The van der Waals surface area contributed by atoms with Gasteiger partial charge in [-0.2, -0.15) is 26.3 Å². The Morgan fingerprint density at radius 3 is 2.34 bits per heavy atom. The number of nitrogens with one attached hydrogen (secondary N) is 2. The van der Waals surface area contributed by atoms with Gasteiger partial charge >= 0.3 is 23.9 Å². The summed E-state index contributed by atoms with van der Waals surface area (Å²) < 4.78 is 72.5. The molecule has 3 aliphatic heterocycles. The molecular formula is C26H27F6N3O3. The number of methoxy groups -OCH3 is 1. The summed E-state index contributed by atoms with van der Waals surface area (Å²) in [5, 5.41) is 7.26. The molecule has 0 amide bonds. The SMILES string of the molecule is COc1ccc(C)cc1Nc1cc2c3c(c1)[C@@H]1CNC[C@@H]1CN3CCC2.O=C(C(=O)C(F)(F)F)C(F)(F)F. The zero-order valence-corrected chi connectivity index (χ0v) is 20.7. The first-order valence-corrected chi connectivity index (χ1v) is 12.1. The van der Waals surface area contributed by atoms with E-state index in [0.717, 1.165) is 30.4 Å². The topological polar surface area (TPSA) is 70.7 Å². The summed E-state index contributed by atoms with van der Waals surface area (Å²) in [5.41, 5.74) is 8.05. The van der Waals surface area contributed by atoms with Gasteiger partial charge in [-0.15, -0.1) is 0 Å². The molecule has 0 radical (unpaired) electrons. The third kappa shape index (κ3) is 5.74. The van der Waals surface area contributed by atoms with E-state index in [1.165, 1.54) is 54.0 Å². The highest BCUT2D eigenvalue weighted by atomic mass is 19.4. The third-order valence-corrected chi connectivity index (χ3v) is 6.96. The van der Waals surface area contributed by atoms with Crippen LogP contribution in [0.1, 0.15) is 29.0 Å². The molecule has 2 atom stereocenters. The molecule has 1 saturated heterocycles. The van der Waals surface area contributed by atoms with Gasteiger partial charge < -0.3 is 20.3 Å². The predicted octanol–water partition coefficient (Wildman–Crippen LogP) is 5.07. The summed E-state index contributed by atoms with van der Waals surface area (Å²) in [7, 11) is 1.74. The maximum Gasteiger partial charge on any atom is 0.458 e. The number of fused-ring (bicyclic) bond motifs is 2. The average molecular weight is 544 g/mol. The molecule has 3 heterocycles. The van der Waals surface area contributed by atoms with Crippen LogP contribution in [-0.2, 0) is 16.0 Å². The van der Waals surface area contributed by atoms with Crippen LogP contribution in [0.25, 0.3) is 0 Å². The van der Waals surface area contributed by atoms with E-state index in [9.17, 15) is 35.9 Å². The van der Waals surface area contributed by atoms with Gasteiger partial charge in [-0.3, -0.25) is 9.59 Å². The van der Waals surface area contributed by atoms with E-state index < -0.39 is 23.9 Å². The summed E-state index contributed by atoms with van der Waals surface area (Å²) >= 11 is 0. The van der Waals surface area contributed by atoms with Crippen molar-refractivity contribution in [3.05, 3.63) is 47.0 Å². The van der Waals surface area contributed by atoms with Gasteiger partial charge in [-0.05, 0) is 66.6 Å². The van der Waals surface area contributed by atoms with E-state index in [-0.39, 0.29) is 0 Å². The first kappa shape index (κ1) is 27.7. The van der Waals surface area contributed by atoms with Crippen LogP contribution in [0.5, 0.6) is 5.75 Å². The van der Waals surface area contributed by atoms with Crippen molar-refractivity contribution in [2.24, 2.45) is 5.92 Å². The van der Waals surface area contributed by atoms with E-state index in [0.29, 0.717) is 5.92 Å². The largest absolute Gasteiger partial charge is 0.495 e. The van der Waals surface area contributed by atoms with Crippen molar-refractivity contribution in [3.63, 3.8) is 0 Å². The highest BCUT2D eigenvalue weighted by Gasteiger charge is 2.54. The maximum absolute atomic E-state index is 11.2. The molecule has 0 bridgehead atoms. The Morgan fingerprint density at radius 1 is 1.03 bits per heavy atom. The number of aryl methyl sites for hydroxylation is 2. The van der Waals surface area contributed by atoms with Gasteiger partial charge in [0.2, 0.25) is 0 Å². The zero-order valence-electron chi connectivity index (χ0n) is 20.7. The summed E-state index contributed by atoms with van der Waals surface area (Å²) in [4.78, 5) is 21.9. The quantitative estimate of drug-likeness (QED) is 0.415. The third-order valence-electron chi connectivity index (χ3n) is 6.96. The number of benzene rings is 2. The maximum atomic E-state index is 11.2.